The van der Waals surface area contributed by atoms with Crippen LogP contribution in [0.25, 0.3) is 10.8 Å². The molecular weight excluding hydrogens is 414 g/mol. The molecule has 0 aromatic heterocycles. The normalized spacial score (nSPS) is 17.8. The van der Waals surface area contributed by atoms with E-state index in [1.807, 2.05) is 42.5 Å². The van der Waals surface area contributed by atoms with Crippen LogP contribution in [0.3, 0.4) is 0 Å². The summed E-state index contributed by atoms with van der Waals surface area (Å²) < 4.78 is 32.4. The largest absolute Gasteiger partial charge is 0.441 e. The average molecular weight is 436 g/mol. The second kappa shape index (κ2) is 7.89. The minimum atomic E-state index is -0.940. The quantitative estimate of drug-likeness (QED) is 0.596. The lowest BCUT2D eigenvalue weighted by Gasteiger charge is -2.37. The fourth-order valence-corrected chi connectivity index (χ4v) is 4.63. The molecule has 5 rings (SSSR count). The molecule has 3 aromatic rings. The minimum Gasteiger partial charge on any atom is -0.441 e. The third-order valence-electron chi connectivity index (χ3n) is 6.38. The van der Waals surface area contributed by atoms with Crippen molar-refractivity contribution in [2.24, 2.45) is 0 Å². The van der Waals surface area contributed by atoms with Crippen LogP contribution in [-0.2, 0) is 11.3 Å². The predicted molar refractivity (Wildman–Crippen MR) is 115 cm³/mol. The minimum absolute atomic E-state index is 0.0281. The average Bonchev–Trinajstić information content (AvgIpc) is 3.10. The molecule has 0 saturated carbocycles. The summed E-state index contributed by atoms with van der Waals surface area (Å²) in [5.41, 5.74) is 0.509. The first kappa shape index (κ1) is 20.4. The Kier molecular flexibility index (Phi) is 5.04. The maximum Gasteiger partial charge on any atom is 0.410 e. The second-order valence-corrected chi connectivity index (χ2v) is 8.47. The number of halogens is 2. The highest BCUT2D eigenvalue weighted by molar-refractivity contribution is 6.07. The summed E-state index contributed by atoms with van der Waals surface area (Å²) in [6.07, 6.45) is 0.594. The lowest BCUT2D eigenvalue weighted by atomic mass is 9.90. The van der Waals surface area contributed by atoms with E-state index in [4.69, 9.17) is 4.74 Å². The van der Waals surface area contributed by atoms with Gasteiger partial charge in [0.15, 0.2) is 11.6 Å². The number of carbonyl (C=O) groups excluding carboxylic acids is 2. The number of ether oxygens (including phenoxy) is 1. The zero-order valence-electron chi connectivity index (χ0n) is 17.4. The molecule has 32 heavy (non-hydrogen) atoms. The third-order valence-corrected chi connectivity index (χ3v) is 6.38. The number of likely N-dealkylation sites (tertiary alicyclic amines) is 1. The molecule has 0 unspecified atom stereocenters. The van der Waals surface area contributed by atoms with Crippen molar-refractivity contribution in [2.45, 2.75) is 25.0 Å². The summed E-state index contributed by atoms with van der Waals surface area (Å²) in [5, 5.41) is 1.94. The summed E-state index contributed by atoms with van der Waals surface area (Å²) in [5.74, 6) is -1.89. The Labute approximate surface area is 184 Å². The molecule has 2 aliphatic rings. The highest BCUT2D eigenvalue weighted by Gasteiger charge is 2.47. The van der Waals surface area contributed by atoms with Crippen molar-refractivity contribution in [2.75, 3.05) is 19.6 Å². The van der Waals surface area contributed by atoms with Crippen molar-refractivity contribution < 1.29 is 23.1 Å². The maximum atomic E-state index is 13.5. The van der Waals surface area contributed by atoms with Crippen LogP contribution in [0.4, 0.5) is 13.6 Å². The van der Waals surface area contributed by atoms with Crippen molar-refractivity contribution in [1.82, 2.24) is 9.80 Å². The lowest BCUT2D eigenvalue weighted by Crippen LogP contribution is -2.48. The number of piperidine rings is 1. The Bertz CT molecular complexity index is 1200. The van der Waals surface area contributed by atoms with Crippen molar-refractivity contribution in [1.29, 1.82) is 0 Å². The monoisotopic (exact) mass is 436 g/mol. The summed E-state index contributed by atoms with van der Waals surface area (Å²) in [7, 11) is 0. The van der Waals surface area contributed by atoms with Crippen LogP contribution in [0.1, 0.15) is 28.8 Å². The molecule has 0 aliphatic carbocycles. The number of nitrogens with zero attached hydrogens (tertiary/aromatic N) is 2. The number of amides is 2. The van der Waals surface area contributed by atoms with E-state index in [0.29, 0.717) is 43.6 Å². The first-order valence-electron chi connectivity index (χ1n) is 10.6. The van der Waals surface area contributed by atoms with E-state index in [-0.39, 0.29) is 12.5 Å². The Hall–Kier alpha value is -3.48. The van der Waals surface area contributed by atoms with E-state index in [1.165, 1.54) is 11.0 Å². The number of fused-ring (bicyclic) bond motifs is 1. The molecule has 1 spiro atoms. The van der Waals surface area contributed by atoms with Crippen molar-refractivity contribution in [3.8, 4) is 0 Å². The van der Waals surface area contributed by atoms with Gasteiger partial charge in [-0.2, -0.15) is 0 Å². The van der Waals surface area contributed by atoms with Crippen LogP contribution >= 0.6 is 0 Å². The van der Waals surface area contributed by atoms with E-state index < -0.39 is 23.3 Å². The molecule has 0 atom stereocenters. The number of benzene rings is 3. The van der Waals surface area contributed by atoms with Gasteiger partial charge in [0.05, 0.1) is 6.54 Å². The fraction of sp³-hybridized carbons (Fsp3) is 0.280. The molecule has 2 amide bonds. The standard InChI is InChI=1S/C25H22F2N2O3/c26-21-9-8-17(14-22(21)27)15-29-16-25(32-24(29)31)10-12-28(13-11-25)23(30)20-7-3-5-18-4-1-2-6-19(18)20/h1-9,14H,10-13,15-16H2. The van der Waals surface area contributed by atoms with E-state index >= 15 is 0 Å². The molecule has 2 aliphatic heterocycles. The number of carbonyl (C=O) groups is 2. The van der Waals surface area contributed by atoms with Gasteiger partial charge in [0.1, 0.15) is 5.60 Å². The SMILES string of the molecule is O=C1OC2(CCN(C(=O)c3cccc4ccccc34)CC2)CN1Cc1ccc(F)c(F)c1. The molecule has 2 heterocycles. The topological polar surface area (TPSA) is 49.9 Å². The van der Waals surface area contributed by atoms with Crippen molar-refractivity contribution in [3.05, 3.63) is 83.4 Å². The van der Waals surface area contributed by atoms with Crippen LogP contribution in [0, 0.1) is 11.6 Å². The van der Waals surface area contributed by atoms with Gasteiger partial charge in [-0.1, -0.05) is 42.5 Å². The molecule has 164 valence electrons. The molecule has 7 heteroatoms. The molecule has 0 bridgehead atoms. The maximum absolute atomic E-state index is 13.5. The molecule has 0 N–H and O–H groups in total. The Morgan fingerprint density at radius 1 is 0.969 bits per heavy atom. The van der Waals surface area contributed by atoms with Gasteiger partial charge in [-0.15, -0.1) is 0 Å². The molecule has 2 saturated heterocycles. The van der Waals surface area contributed by atoms with Gasteiger partial charge in [0.25, 0.3) is 5.91 Å². The van der Waals surface area contributed by atoms with Gasteiger partial charge in [0.2, 0.25) is 0 Å². The predicted octanol–water partition coefficient (Wildman–Crippen LogP) is 4.75. The Morgan fingerprint density at radius 2 is 1.72 bits per heavy atom. The van der Waals surface area contributed by atoms with E-state index in [2.05, 4.69) is 0 Å². The van der Waals surface area contributed by atoms with Crippen LogP contribution in [-0.4, -0.2) is 47.0 Å². The summed E-state index contributed by atoms with van der Waals surface area (Å²) in [6.45, 7) is 1.47. The summed E-state index contributed by atoms with van der Waals surface area (Å²) in [6, 6.07) is 17.1. The molecule has 3 aromatic carbocycles. The number of hydrogen-bond donors (Lipinski definition) is 0. The van der Waals surface area contributed by atoms with Crippen LogP contribution < -0.4 is 0 Å². The number of hydrogen-bond acceptors (Lipinski definition) is 3. The van der Waals surface area contributed by atoms with E-state index in [0.717, 1.165) is 22.9 Å². The Balaban J connectivity index is 1.26. The highest BCUT2D eigenvalue weighted by atomic mass is 19.2. The lowest BCUT2D eigenvalue weighted by molar-refractivity contribution is 0.00319. The van der Waals surface area contributed by atoms with Crippen LogP contribution in [0.5, 0.6) is 0 Å². The van der Waals surface area contributed by atoms with E-state index in [9.17, 15) is 18.4 Å². The molecular formula is C25H22F2N2O3. The first-order valence-corrected chi connectivity index (χ1v) is 10.6. The first-order chi connectivity index (χ1) is 15.4. The number of rotatable bonds is 3. The van der Waals surface area contributed by atoms with Gasteiger partial charge in [-0.25, -0.2) is 13.6 Å². The second-order valence-electron chi connectivity index (χ2n) is 8.47. The molecule has 2 fully saturated rings. The molecule has 0 radical (unpaired) electrons. The highest BCUT2D eigenvalue weighted by Crippen LogP contribution is 2.35. The fourth-order valence-electron chi connectivity index (χ4n) is 4.63. The third kappa shape index (κ3) is 3.68. The molecule has 5 nitrogen and oxygen atoms in total. The van der Waals surface area contributed by atoms with E-state index in [1.54, 1.807) is 4.90 Å². The van der Waals surface area contributed by atoms with Crippen molar-refractivity contribution >= 4 is 22.8 Å². The van der Waals surface area contributed by atoms with Gasteiger partial charge in [-0.05, 0) is 34.5 Å². The summed E-state index contributed by atoms with van der Waals surface area (Å²) >= 11 is 0. The smallest absolute Gasteiger partial charge is 0.410 e. The zero-order valence-corrected chi connectivity index (χ0v) is 17.4. The van der Waals surface area contributed by atoms with Crippen LogP contribution in [0.2, 0.25) is 0 Å². The Morgan fingerprint density at radius 3 is 2.50 bits per heavy atom. The van der Waals surface area contributed by atoms with Gasteiger partial charge in [-0.3, -0.25) is 9.69 Å². The van der Waals surface area contributed by atoms with Gasteiger partial charge < -0.3 is 9.64 Å². The van der Waals surface area contributed by atoms with Crippen molar-refractivity contribution in [3.63, 3.8) is 0 Å². The zero-order chi connectivity index (χ0) is 22.3. The summed E-state index contributed by atoms with van der Waals surface area (Å²) in [4.78, 5) is 28.9. The van der Waals surface area contributed by atoms with Crippen LogP contribution in [0.15, 0.2) is 60.7 Å². The van der Waals surface area contributed by atoms with Gasteiger partial charge >= 0.3 is 6.09 Å². The van der Waals surface area contributed by atoms with Gasteiger partial charge in [0, 0.05) is 38.0 Å².